The van der Waals surface area contributed by atoms with Crippen LogP contribution in [0.15, 0.2) is 30.3 Å². The standard InChI is InChI=1S/C15H15ClN2O2/c1-8-3-4-13(9(2)14(8)19)18-15(20)10-5-11(16)7-12(17)6-10/h3-7,19H,17H2,1-2H3,(H,18,20). The molecule has 0 fully saturated rings. The van der Waals surface area contributed by atoms with Gasteiger partial charge in [0.25, 0.3) is 5.91 Å². The fraction of sp³-hybridized carbons (Fsp3) is 0.133. The molecular weight excluding hydrogens is 276 g/mol. The van der Waals surface area contributed by atoms with E-state index in [0.29, 0.717) is 27.5 Å². The zero-order valence-electron chi connectivity index (χ0n) is 11.2. The summed E-state index contributed by atoms with van der Waals surface area (Å²) in [5.74, 6) is -0.154. The van der Waals surface area contributed by atoms with Crippen molar-refractivity contribution in [3.05, 3.63) is 52.0 Å². The molecule has 1 amide bonds. The van der Waals surface area contributed by atoms with Crippen LogP contribution >= 0.6 is 11.6 Å². The first kappa shape index (κ1) is 14.2. The molecule has 0 aliphatic heterocycles. The summed E-state index contributed by atoms with van der Waals surface area (Å²) >= 11 is 5.87. The molecule has 0 unspecified atom stereocenters. The van der Waals surface area contributed by atoms with Gasteiger partial charge in [-0.05, 0) is 43.7 Å². The van der Waals surface area contributed by atoms with E-state index < -0.39 is 0 Å². The van der Waals surface area contributed by atoms with Crippen molar-refractivity contribution in [2.45, 2.75) is 13.8 Å². The number of benzene rings is 2. The third kappa shape index (κ3) is 2.86. The molecule has 5 heteroatoms. The van der Waals surface area contributed by atoms with Gasteiger partial charge in [0.15, 0.2) is 0 Å². The van der Waals surface area contributed by atoms with Crippen LogP contribution < -0.4 is 11.1 Å². The number of hydrogen-bond donors (Lipinski definition) is 3. The first-order valence-corrected chi connectivity index (χ1v) is 6.43. The Balaban J connectivity index is 2.30. The molecule has 0 aliphatic rings. The number of nitrogens with one attached hydrogen (secondary N) is 1. The highest BCUT2D eigenvalue weighted by Crippen LogP contribution is 2.28. The largest absolute Gasteiger partial charge is 0.507 e. The van der Waals surface area contributed by atoms with Crippen LogP contribution in [0, 0.1) is 13.8 Å². The van der Waals surface area contributed by atoms with Crippen LogP contribution in [-0.4, -0.2) is 11.0 Å². The summed E-state index contributed by atoms with van der Waals surface area (Å²) < 4.78 is 0. The van der Waals surface area contributed by atoms with Gasteiger partial charge >= 0.3 is 0 Å². The number of aryl methyl sites for hydroxylation is 1. The monoisotopic (exact) mass is 290 g/mol. The topological polar surface area (TPSA) is 75.4 Å². The molecule has 0 saturated carbocycles. The lowest BCUT2D eigenvalue weighted by Crippen LogP contribution is -2.13. The summed E-state index contributed by atoms with van der Waals surface area (Å²) in [4.78, 5) is 12.2. The van der Waals surface area contributed by atoms with Gasteiger partial charge < -0.3 is 16.2 Å². The maximum atomic E-state index is 12.2. The van der Waals surface area contributed by atoms with E-state index in [4.69, 9.17) is 17.3 Å². The van der Waals surface area contributed by atoms with Gasteiger partial charge in [-0.2, -0.15) is 0 Å². The third-order valence-corrected chi connectivity index (χ3v) is 3.28. The van der Waals surface area contributed by atoms with Crippen molar-refractivity contribution >= 4 is 28.9 Å². The quantitative estimate of drug-likeness (QED) is 0.741. The van der Waals surface area contributed by atoms with E-state index in [-0.39, 0.29) is 11.7 Å². The molecule has 0 bridgehead atoms. The molecule has 2 aromatic rings. The summed E-state index contributed by atoms with van der Waals surface area (Å²) in [5, 5.41) is 13.0. The normalized spacial score (nSPS) is 10.3. The van der Waals surface area contributed by atoms with Gasteiger partial charge in [-0.15, -0.1) is 0 Å². The number of anilines is 2. The fourth-order valence-corrected chi connectivity index (χ4v) is 2.15. The van der Waals surface area contributed by atoms with Crippen molar-refractivity contribution in [1.82, 2.24) is 0 Å². The van der Waals surface area contributed by atoms with Crippen molar-refractivity contribution in [3.63, 3.8) is 0 Å². The number of hydrogen-bond acceptors (Lipinski definition) is 3. The molecule has 104 valence electrons. The second-order valence-electron chi connectivity index (χ2n) is 4.63. The average Bonchev–Trinajstić information content (AvgIpc) is 2.38. The number of amides is 1. The van der Waals surface area contributed by atoms with E-state index in [1.165, 1.54) is 6.07 Å². The lowest BCUT2D eigenvalue weighted by Gasteiger charge is -2.11. The molecule has 0 spiro atoms. The van der Waals surface area contributed by atoms with Gasteiger partial charge in [-0.1, -0.05) is 17.7 Å². The first-order valence-electron chi connectivity index (χ1n) is 6.05. The first-order chi connectivity index (χ1) is 9.38. The Kier molecular flexibility index (Phi) is 3.86. The SMILES string of the molecule is Cc1ccc(NC(=O)c2cc(N)cc(Cl)c2)c(C)c1O. The zero-order chi connectivity index (χ0) is 14.9. The van der Waals surface area contributed by atoms with Crippen molar-refractivity contribution in [2.24, 2.45) is 0 Å². The van der Waals surface area contributed by atoms with E-state index >= 15 is 0 Å². The van der Waals surface area contributed by atoms with Crippen molar-refractivity contribution in [1.29, 1.82) is 0 Å². The number of carbonyl (C=O) groups excluding carboxylic acids is 1. The molecule has 0 aliphatic carbocycles. The Labute approximate surface area is 122 Å². The number of nitrogen functional groups attached to an aromatic ring is 1. The van der Waals surface area contributed by atoms with Gasteiger partial charge in [0, 0.05) is 27.5 Å². The second-order valence-corrected chi connectivity index (χ2v) is 5.07. The van der Waals surface area contributed by atoms with Gasteiger partial charge in [0.05, 0.1) is 0 Å². The minimum Gasteiger partial charge on any atom is -0.507 e. The number of halogens is 1. The minimum atomic E-state index is -0.328. The van der Waals surface area contributed by atoms with E-state index in [1.807, 2.05) is 0 Å². The Hall–Kier alpha value is -2.20. The van der Waals surface area contributed by atoms with Crippen molar-refractivity contribution in [3.8, 4) is 5.75 Å². The number of aromatic hydroxyl groups is 1. The number of carbonyl (C=O) groups is 1. The summed E-state index contributed by atoms with van der Waals surface area (Å²) in [5.41, 5.74) is 8.38. The van der Waals surface area contributed by atoms with Gasteiger partial charge in [0.2, 0.25) is 0 Å². The molecule has 2 aromatic carbocycles. The summed E-state index contributed by atoms with van der Waals surface area (Å²) in [6.45, 7) is 3.54. The van der Waals surface area contributed by atoms with E-state index in [9.17, 15) is 9.90 Å². The minimum absolute atomic E-state index is 0.174. The second kappa shape index (κ2) is 5.43. The van der Waals surface area contributed by atoms with Crippen LogP contribution in [0.2, 0.25) is 5.02 Å². The predicted octanol–water partition coefficient (Wildman–Crippen LogP) is 3.50. The summed E-state index contributed by atoms with van der Waals surface area (Å²) in [6.07, 6.45) is 0. The number of phenols is 1. The van der Waals surface area contributed by atoms with Gasteiger partial charge in [0.1, 0.15) is 5.75 Å². The molecule has 0 saturated heterocycles. The summed E-state index contributed by atoms with van der Waals surface area (Å²) in [7, 11) is 0. The molecular formula is C15H15ClN2O2. The van der Waals surface area contributed by atoms with Crippen LogP contribution in [0.25, 0.3) is 0 Å². The maximum absolute atomic E-state index is 12.2. The molecule has 4 nitrogen and oxygen atoms in total. The van der Waals surface area contributed by atoms with E-state index in [2.05, 4.69) is 5.32 Å². The number of nitrogens with two attached hydrogens (primary N) is 1. The lowest BCUT2D eigenvalue weighted by atomic mass is 10.1. The smallest absolute Gasteiger partial charge is 0.255 e. The molecule has 2 rings (SSSR count). The average molecular weight is 291 g/mol. The highest BCUT2D eigenvalue weighted by Gasteiger charge is 2.12. The van der Waals surface area contributed by atoms with Gasteiger partial charge in [-0.25, -0.2) is 0 Å². The van der Waals surface area contributed by atoms with Crippen molar-refractivity contribution < 1.29 is 9.90 Å². The highest BCUT2D eigenvalue weighted by atomic mass is 35.5. The lowest BCUT2D eigenvalue weighted by molar-refractivity contribution is 0.102. The molecule has 4 N–H and O–H groups in total. The van der Waals surface area contributed by atoms with Crippen LogP contribution in [-0.2, 0) is 0 Å². The molecule has 0 heterocycles. The van der Waals surface area contributed by atoms with Crippen LogP contribution in [0.4, 0.5) is 11.4 Å². The van der Waals surface area contributed by atoms with Crippen molar-refractivity contribution in [2.75, 3.05) is 11.1 Å². The molecule has 20 heavy (non-hydrogen) atoms. The Morgan fingerprint density at radius 1 is 1.25 bits per heavy atom. The predicted molar refractivity (Wildman–Crippen MR) is 81.4 cm³/mol. The fourth-order valence-electron chi connectivity index (χ4n) is 1.91. The maximum Gasteiger partial charge on any atom is 0.255 e. The van der Waals surface area contributed by atoms with E-state index in [1.54, 1.807) is 38.1 Å². The number of phenolic OH excluding ortho intramolecular Hbond substituents is 1. The summed E-state index contributed by atoms with van der Waals surface area (Å²) in [6, 6.07) is 8.14. The molecule has 0 atom stereocenters. The highest BCUT2D eigenvalue weighted by molar-refractivity contribution is 6.31. The molecule has 0 radical (unpaired) electrons. The van der Waals surface area contributed by atoms with E-state index in [0.717, 1.165) is 5.56 Å². The van der Waals surface area contributed by atoms with Crippen LogP contribution in [0.5, 0.6) is 5.75 Å². The van der Waals surface area contributed by atoms with Crippen LogP contribution in [0.1, 0.15) is 21.5 Å². The van der Waals surface area contributed by atoms with Crippen LogP contribution in [0.3, 0.4) is 0 Å². The molecule has 0 aromatic heterocycles. The Morgan fingerprint density at radius 2 is 1.95 bits per heavy atom. The number of rotatable bonds is 2. The zero-order valence-corrected chi connectivity index (χ0v) is 12.0. The third-order valence-electron chi connectivity index (χ3n) is 3.06. The Bertz CT molecular complexity index is 664. The van der Waals surface area contributed by atoms with Gasteiger partial charge in [-0.3, -0.25) is 4.79 Å². The Morgan fingerprint density at radius 3 is 2.60 bits per heavy atom.